The van der Waals surface area contributed by atoms with Crippen LogP contribution in [0.25, 0.3) is 0 Å². The van der Waals surface area contributed by atoms with E-state index in [4.69, 9.17) is 15.2 Å². The second-order valence-electron chi connectivity index (χ2n) is 4.69. The van der Waals surface area contributed by atoms with E-state index in [9.17, 15) is 9.59 Å². The molecule has 0 bridgehead atoms. The molecule has 8 nitrogen and oxygen atoms in total. The van der Waals surface area contributed by atoms with Crippen molar-refractivity contribution in [3.05, 3.63) is 18.1 Å². The number of hydrogen-bond donors (Lipinski definition) is 2. The Balaban J connectivity index is 2.10. The normalized spacial score (nSPS) is 17.0. The first kappa shape index (κ1) is 15.2. The van der Waals surface area contributed by atoms with Crippen LogP contribution in [-0.4, -0.2) is 47.1 Å². The van der Waals surface area contributed by atoms with Crippen LogP contribution in [-0.2, 0) is 9.53 Å². The van der Waals surface area contributed by atoms with Crippen molar-refractivity contribution in [1.29, 1.82) is 0 Å². The summed E-state index contributed by atoms with van der Waals surface area (Å²) in [6.07, 6.45) is 3.35. The molecule has 0 unspecified atom stereocenters. The van der Waals surface area contributed by atoms with Crippen molar-refractivity contribution in [2.45, 2.75) is 25.3 Å². The third kappa shape index (κ3) is 3.46. The van der Waals surface area contributed by atoms with Gasteiger partial charge in [-0.25, -0.2) is 9.97 Å². The molecule has 0 radical (unpaired) electrons. The van der Waals surface area contributed by atoms with Crippen LogP contribution in [0.3, 0.4) is 0 Å². The van der Waals surface area contributed by atoms with Gasteiger partial charge in [0.25, 0.3) is 5.91 Å². The first-order valence-corrected chi connectivity index (χ1v) is 6.72. The number of primary amides is 1. The van der Waals surface area contributed by atoms with Crippen molar-refractivity contribution < 1.29 is 19.1 Å². The van der Waals surface area contributed by atoms with Crippen molar-refractivity contribution in [2.24, 2.45) is 5.73 Å². The summed E-state index contributed by atoms with van der Waals surface area (Å²) in [5.74, 6) is -0.728. The van der Waals surface area contributed by atoms with Crippen LogP contribution < -0.4 is 15.8 Å². The molecule has 1 aliphatic rings. The SMILES string of the molecule is CCOc1cnc(C(=O)NC2(C(N)=O)CCOCC2)cn1. The number of rotatable bonds is 5. The zero-order valence-electron chi connectivity index (χ0n) is 11.8. The molecule has 2 heterocycles. The maximum Gasteiger partial charge on any atom is 0.272 e. The van der Waals surface area contributed by atoms with Crippen molar-refractivity contribution >= 4 is 11.8 Å². The lowest BCUT2D eigenvalue weighted by Gasteiger charge is -2.34. The molecule has 2 amide bonds. The first-order chi connectivity index (χ1) is 10.1. The third-order valence-electron chi connectivity index (χ3n) is 3.32. The van der Waals surface area contributed by atoms with Gasteiger partial charge in [0.2, 0.25) is 11.8 Å². The summed E-state index contributed by atoms with van der Waals surface area (Å²) < 4.78 is 10.4. The molecule has 1 aliphatic heterocycles. The van der Waals surface area contributed by atoms with E-state index in [1.807, 2.05) is 6.92 Å². The standard InChI is InChI=1S/C13H18N4O4/c1-2-21-10-8-15-9(7-16-10)11(18)17-13(12(14)19)3-5-20-6-4-13/h7-8H,2-6H2,1H3,(H2,14,19)(H,17,18). The van der Waals surface area contributed by atoms with Gasteiger partial charge in [-0.2, -0.15) is 0 Å². The second-order valence-corrected chi connectivity index (χ2v) is 4.69. The van der Waals surface area contributed by atoms with Crippen molar-refractivity contribution in [3.63, 3.8) is 0 Å². The molecule has 114 valence electrons. The number of amides is 2. The minimum atomic E-state index is -1.09. The molecule has 0 aromatic carbocycles. The summed E-state index contributed by atoms with van der Waals surface area (Å²) in [4.78, 5) is 31.8. The fourth-order valence-corrected chi connectivity index (χ4v) is 2.09. The average molecular weight is 294 g/mol. The molecule has 3 N–H and O–H groups in total. The van der Waals surface area contributed by atoms with E-state index in [-0.39, 0.29) is 5.69 Å². The van der Waals surface area contributed by atoms with Gasteiger partial charge in [-0.05, 0) is 6.92 Å². The zero-order valence-corrected chi connectivity index (χ0v) is 11.8. The molecule has 0 atom stereocenters. The van der Waals surface area contributed by atoms with Crippen LogP contribution in [0.4, 0.5) is 0 Å². The highest BCUT2D eigenvalue weighted by Gasteiger charge is 2.40. The fourth-order valence-electron chi connectivity index (χ4n) is 2.09. The lowest BCUT2D eigenvalue weighted by Crippen LogP contribution is -2.60. The number of carbonyl (C=O) groups excluding carboxylic acids is 2. The van der Waals surface area contributed by atoms with Crippen molar-refractivity contribution in [3.8, 4) is 5.88 Å². The number of nitrogens with zero attached hydrogens (tertiary/aromatic N) is 2. The first-order valence-electron chi connectivity index (χ1n) is 6.72. The van der Waals surface area contributed by atoms with Gasteiger partial charge in [-0.15, -0.1) is 0 Å². The Kier molecular flexibility index (Phi) is 4.69. The highest BCUT2D eigenvalue weighted by Crippen LogP contribution is 2.21. The summed E-state index contributed by atoms with van der Waals surface area (Å²) in [6.45, 7) is 3.03. The Morgan fingerprint density at radius 2 is 2.10 bits per heavy atom. The van der Waals surface area contributed by atoms with E-state index in [2.05, 4.69) is 15.3 Å². The van der Waals surface area contributed by atoms with Crippen molar-refractivity contribution in [2.75, 3.05) is 19.8 Å². The molecule has 1 saturated heterocycles. The molecule has 0 saturated carbocycles. The van der Waals surface area contributed by atoms with Crippen LogP contribution >= 0.6 is 0 Å². The Hall–Kier alpha value is -2.22. The summed E-state index contributed by atoms with van der Waals surface area (Å²) in [6, 6.07) is 0. The van der Waals surface area contributed by atoms with Gasteiger partial charge in [-0.1, -0.05) is 0 Å². The topological polar surface area (TPSA) is 116 Å². The molecule has 0 spiro atoms. The summed E-state index contributed by atoms with van der Waals surface area (Å²) in [5, 5.41) is 2.66. The van der Waals surface area contributed by atoms with Gasteiger partial charge < -0.3 is 20.5 Å². The van der Waals surface area contributed by atoms with E-state index in [1.165, 1.54) is 12.4 Å². The molecule has 1 fully saturated rings. The van der Waals surface area contributed by atoms with Gasteiger partial charge in [0, 0.05) is 26.1 Å². The average Bonchev–Trinajstić information content (AvgIpc) is 2.49. The number of nitrogens with one attached hydrogen (secondary N) is 1. The largest absolute Gasteiger partial charge is 0.477 e. The van der Waals surface area contributed by atoms with Gasteiger partial charge >= 0.3 is 0 Å². The molecule has 8 heteroatoms. The molecule has 21 heavy (non-hydrogen) atoms. The number of nitrogens with two attached hydrogens (primary N) is 1. The Morgan fingerprint density at radius 1 is 1.38 bits per heavy atom. The Bertz CT molecular complexity index is 511. The van der Waals surface area contributed by atoms with Crippen LogP contribution in [0, 0.1) is 0 Å². The van der Waals surface area contributed by atoms with E-state index in [0.29, 0.717) is 38.5 Å². The number of ether oxygens (including phenoxy) is 2. The monoisotopic (exact) mass is 294 g/mol. The van der Waals surface area contributed by atoms with Crippen LogP contribution in [0.2, 0.25) is 0 Å². The molecular formula is C13H18N4O4. The van der Waals surface area contributed by atoms with Crippen LogP contribution in [0.5, 0.6) is 5.88 Å². The number of carbonyl (C=O) groups is 2. The summed E-state index contributed by atoms with van der Waals surface area (Å²) in [5.41, 5.74) is 4.44. The van der Waals surface area contributed by atoms with Gasteiger partial charge in [0.1, 0.15) is 11.2 Å². The maximum atomic E-state index is 12.2. The number of aromatic nitrogens is 2. The van der Waals surface area contributed by atoms with Gasteiger partial charge in [-0.3, -0.25) is 9.59 Å². The fraction of sp³-hybridized carbons (Fsp3) is 0.538. The van der Waals surface area contributed by atoms with E-state index >= 15 is 0 Å². The van der Waals surface area contributed by atoms with Gasteiger partial charge in [0.15, 0.2) is 0 Å². The zero-order chi connectivity index (χ0) is 15.3. The van der Waals surface area contributed by atoms with Gasteiger partial charge in [0.05, 0.1) is 19.0 Å². The lowest BCUT2D eigenvalue weighted by atomic mass is 9.89. The lowest BCUT2D eigenvalue weighted by molar-refractivity contribution is -0.127. The third-order valence-corrected chi connectivity index (χ3v) is 3.32. The summed E-state index contributed by atoms with van der Waals surface area (Å²) >= 11 is 0. The quantitative estimate of drug-likeness (QED) is 0.766. The second kappa shape index (κ2) is 6.49. The van der Waals surface area contributed by atoms with E-state index < -0.39 is 17.4 Å². The Morgan fingerprint density at radius 3 is 2.62 bits per heavy atom. The minimum absolute atomic E-state index is 0.102. The predicted molar refractivity (Wildman–Crippen MR) is 72.6 cm³/mol. The molecule has 1 aromatic rings. The smallest absolute Gasteiger partial charge is 0.272 e. The molecule has 2 rings (SSSR count). The molecule has 0 aliphatic carbocycles. The minimum Gasteiger partial charge on any atom is -0.477 e. The highest BCUT2D eigenvalue weighted by atomic mass is 16.5. The van der Waals surface area contributed by atoms with E-state index in [0.717, 1.165) is 0 Å². The highest BCUT2D eigenvalue weighted by molar-refractivity contribution is 5.97. The van der Waals surface area contributed by atoms with Crippen molar-refractivity contribution in [1.82, 2.24) is 15.3 Å². The Labute approximate surface area is 122 Å². The van der Waals surface area contributed by atoms with Crippen LogP contribution in [0.15, 0.2) is 12.4 Å². The van der Waals surface area contributed by atoms with E-state index in [1.54, 1.807) is 0 Å². The summed E-state index contributed by atoms with van der Waals surface area (Å²) in [7, 11) is 0. The van der Waals surface area contributed by atoms with Crippen LogP contribution in [0.1, 0.15) is 30.3 Å². The maximum absolute atomic E-state index is 12.2. The predicted octanol–water partition coefficient (Wildman–Crippen LogP) is -0.360. The number of hydrogen-bond acceptors (Lipinski definition) is 6. The molecular weight excluding hydrogens is 276 g/mol. The molecule has 1 aromatic heterocycles.